The molecule has 0 aliphatic carbocycles. The summed E-state index contributed by atoms with van der Waals surface area (Å²) < 4.78 is 44.8. The first-order valence-corrected chi connectivity index (χ1v) is 12.5. The van der Waals surface area contributed by atoms with Crippen LogP contribution in [0.4, 0.5) is 10.3 Å². The highest BCUT2D eigenvalue weighted by Gasteiger charge is 2.56. The molecule has 196 valence electrons. The minimum Gasteiger partial charge on any atom is -0.465 e. The van der Waals surface area contributed by atoms with Gasteiger partial charge in [0.1, 0.15) is 18.2 Å². The van der Waals surface area contributed by atoms with Gasteiger partial charge in [0.05, 0.1) is 19.5 Å². The minimum absolute atomic E-state index is 0.00946. The van der Waals surface area contributed by atoms with Crippen LogP contribution in [0.3, 0.4) is 0 Å². The van der Waals surface area contributed by atoms with E-state index in [9.17, 15) is 24.2 Å². The number of halogens is 1. The second kappa shape index (κ2) is 10.3. The molecule has 0 amide bonds. The number of H-pyrrole nitrogens is 1. The van der Waals surface area contributed by atoms with Gasteiger partial charge in [-0.05, 0) is 26.2 Å². The fourth-order valence-corrected chi connectivity index (χ4v) is 4.82. The topological polar surface area (TPSA) is 204 Å². The van der Waals surface area contributed by atoms with Gasteiger partial charge in [-0.25, -0.2) is 19.0 Å². The molecule has 6 atom stereocenters. The minimum atomic E-state index is -4.59. The maximum atomic E-state index is 15.5. The highest BCUT2D eigenvalue weighted by atomic mass is 31.2. The lowest BCUT2D eigenvalue weighted by Gasteiger charge is -2.24. The summed E-state index contributed by atoms with van der Waals surface area (Å²) in [7, 11) is -4.59. The molecule has 0 saturated carbocycles. The highest BCUT2D eigenvalue weighted by molar-refractivity contribution is 7.50. The van der Waals surface area contributed by atoms with Crippen molar-refractivity contribution in [3.8, 4) is 0 Å². The summed E-state index contributed by atoms with van der Waals surface area (Å²) in [5, 5.41) is 12.8. The van der Waals surface area contributed by atoms with Gasteiger partial charge in [0.25, 0.3) is 5.56 Å². The molecule has 0 bridgehead atoms. The van der Waals surface area contributed by atoms with Crippen LogP contribution in [0.5, 0.6) is 0 Å². The summed E-state index contributed by atoms with van der Waals surface area (Å²) in [6.07, 6.45) is -3.38. The molecule has 1 saturated heterocycles. The van der Waals surface area contributed by atoms with E-state index in [4.69, 9.17) is 19.7 Å². The van der Waals surface area contributed by atoms with Crippen LogP contribution in [0.1, 0.15) is 40.3 Å². The largest absolute Gasteiger partial charge is 0.465 e. The number of aliphatic hydroxyl groups excluding tert-OH is 1. The lowest BCUT2D eigenvalue weighted by molar-refractivity contribution is -0.145. The maximum absolute atomic E-state index is 15.5. The molecule has 35 heavy (non-hydrogen) atoms. The van der Waals surface area contributed by atoms with Gasteiger partial charge in [0.15, 0.2) is 23.1 Å². The van der Waals surface area contributed by atoms with Gasteiger partial charge in [-0.3, -0.25) is 23.7 Å². The molecule has 0 aromatic carbocycles. The molecule has 2 aromatic heterocycles. The van der Waals surface area contributed by atoms with Gasteiger partial charge >= 0.3 is 13.7 Å². The standard InChI is InChI=1S/C19H30FN6O8P/c1-5-32-16(29)10(6-9(2)3)25-35(30,31)33-7-11-13(27)19(4,20)17(34-11)26-8-22-12-14(26)23-18(21)24-15(12)28/h8-11,13,17,27H,5-7H2,1-4H3,(H2,25,30,31)(H3,21,23,24,28)/t10-,11+,13?,17+,19-/m0/s1. The van der Waals surface area contributed by atoms with Crippen LogP contribution < -0.4 is 16.4 Å². The molecule has 0 radical (unpaired) electrons. The summed E-state index contributed by atoms with van der Waals surface area (Å²) in [6.45, 7) is 5.68. The number of esters is 1. The SMILES string of the molecule is CCOC(=O)[C@H](CC(C)C)NP(=O)(O)OC[C@H]1O[C@@H](n2cnc3c(=O)[nH]c(N)nc32)[C@@](C)(F)C1O. The Hall–Kier alpha value is -2.42. The molecule has 1 fully saturated rings. The van der Waals surface area contributed by atoms with Crippen molar-refractivity contribution in [2.45, 2.75) is 64.3 Å². The van der Waals surface area contributed by atoms with Gasteiger partial charge in [0.2, 0.25) is 5.95 Å². The van der Waals surface area contributed by atoms with Gasteiger partial charge in [-0.1, -0.05) is 13.8 Å². The Morgan fingerprint density at radius 1 is 1.51 bits per heavy atom. The van der Waals surface area contributed by atoms with Crippen LogP contribution in [-0.4, -0.2) is 72.6 Å². The maximum Gasteiger partial charge on any atom is 0.403 e. The number of fused-ring (bicyclic) bond motifs is 1. The number of anilines is 1. The Bertz CT molecular complexity index is 1170. The molecule has 6 N–H and O–H groups in total. The number of carbonyl (C=O) groups is 1. The van der Waals surface area contributed by atoms with E-state index in [0.717, 1.165) is 17.8 Å². The summed E-state index contributed by atoms with van der Waals surface area (Å²) in [6, 6.07) is -1.12. The van der Waals surface area contributed by atoms with Crippen LogP contribution in [0, 0.1) is 5.92 Å². The van der Waals surface area contributed by atoms with Crippen molar-refractivity contribution in [3.05, 3.63) is 16.7 Å². The van der Waals surface area contributed by atoms with Crippen molar-refractivity contribution >= 4 is 30.8 Å². The lowest BCUT2D eigenvalue weighted by Crippen LogP contribution is -2.41. The number of alkyl halides is 1. The Labute approximate surface area is 199 Å². The first-order chi connectivity index (χ1) is 16.3. The number of hydrogen-bond donors (Lipinski definition) is 5. The predicted molar refractivity (Wildman–Crippen MR) is 121 cm³/mol. The number of nitrogens with zero attached hydrogens (tertiary/aromatic N) is 3. The summed E-state index contributed by atoms with van der Waals surface area (Å²) in [4.78, 5) is 44.5. The Morgan fingerprint density at radius 2 is 2.20 bits per heavy atom. The molecule has 1 aliphatic heterocycles. The lowest BCUT2D eigenvalue weighted by atomic mass is 9.98. The van der Waals surface area contributed by atoms with Gasteiger partial charge in [0, 0.05) is 0 Å². The first kappa shape index (κ1) is 27.2. The molecule has 3 heterocycles. The summed E-state index contributed by atoms with van der Waals surface area (Å²) in [5.74, 6) is -0.959. The van der Waals surface area contributed by atoms with Crippen molar-refractivity contribution in [2.24, 2.45) is 5.92 Å². The summed E-state index contributed by atoms with van der Waals surface area (Å²) >= 11 is 0. The third-order valence-electron chi connectivity index (χ3n) is 5.43. The number of aromatic amines is 1. The molecule has 2 aromatic rings. The Balaban J connectivity index is 1.75. The fraction of sp³-hybridized carbons (Fsp3) is 0.684. The zero-order valence-electron chi connectivity index (χ0n) is 19.7. The second-order valence-electron chi connectivity index (χ2n) is 8.78. The highest BCUT2D eigenvalue weighted by Crippen LogP contribution is 2.45. The molecular formula is C19H30FN6O8P. The Morgan fingerprint density at radius 3 is 2.83 bits per heavy atom. The molecule has 14 nitrogen and oxygen atoms in total. The third kappa shape index (κ3) is 5.88. The van der Waals surface area contributed by atoms with Crippen molar-refractivity contribution in [3.63, 3.8) is 0 Å². The molecule has 2 unspecified atom stereocenters. The quantitative estimate of drug-likeness (QED) is 0.213. The third-order valence-corrected chi connectivity index (χ3v) is 6.57. The average Bonchev–Trinajstić information content (AvgIpc) is 3.25. The monoisotopic (exact) mass is 520 g/mol. The van der Waals surface area contributed by atoms with Crippen LogP contribution >= 0.6 is 7.75 Å². The van der Waals surface area contributed by atoms with E-state index >= 15 is 4.39 Å². The molecule has 3 rings (SSSR count). The number of nitrogens with one attached hydrogen (secondary N) is 2. The van der Waals surface area contributed by atoms with Crippen molar-refractivity contribution in [2.75, 3.05) is 18.9 Å². The number of aromatic nitrogens is 4. The summed E-state index contributed by atoms with van der Waals surface area (Å²) in [5.41, 5.74) is 2.30. The van der Waals surface area contributed by atoms with Crippen LogP contribution in [0.15, 0.2) is 11.1 Å². The van der Waals surface area contributed by atoms with Gasteiger partial charge in [-0.15, -0.1) is 0 Å². The van der Waals surface area contributed by atoms with Crippen molar-refractivity contribution in [1.29, 1.82) is 0 Å². The average molecular weight is 520 g/mol. The number of nitrogen functional groups attached to an aromatic ring is 1. The first-order valence-electron chi connectivity index (χ1n) is 10.9. The second-order valence-corrected chi connectivity index (χ2v) is 10.3. The van der Waals surface area contributed by atoms with Crippen LogP contribution in [-0.2, 0) is 23.4 Å². The number of hydrogen-bond acceptors (Lipinski definition) is 10. The zero-order valence-corrected chi connectivity index (χ0v) is 20.6. The number of rotatable bonds is 10. The van der Waals surface area contributed by atoms with E-state index in [2.05, 4.69) is 20.0 Å². The van der Waals surface area contributed by atoms with E-state index in [-0.39, 0.29) is 36.1 Å². The van der Waals surface area contributed by atoms with Crippen molar-refractivity contribution in [1.82, 2.24) is 24.6 Å². The zero-order chi connectivity index (χ0) is 26.1. The Kier molecular flexibility index (Phi) is 7.99. The predicted octanol–water partition coefficient (Wildman–Crippen LogP) is 0.373. The molecule has 16 heteroatoms. The van der Waals surface area contributed by atoms with E-state index in [1.807, 2.05) is 13.8 Å². The number of ether oxygens (including phenoxy) is 2. The van der Waals surface area contributed by atoms with E-state index in [0.29, 0.717) is 0 Å². The number of imidazole rings is 1. The molecular weight excluding hydrogens is 490 g/mol. The van der Waals surface area contributed by atoms with Crippen LogP contribution in [0.2, 0.25) is 0 Å². The van der Waals surface area contributed by atoms with Gasteiger partial charge < -0.3 is 25.2 Å². The van der Waals surface area contributed by atoms with Crippen molar-refractivity contribution < 1.29 is 37.7 Å². The number of carbonyl (C=O) groups excluding carboxylic acids is 1. The van der Waals surface area contributed by atoms with Gasteiger partial charge in [-0.2, -0.15) is 4.98 Å². The van der Waals surface area contributed by atoms with E-state index < -0.39 is 56.0 Å². The molecule has 1 aliphatic rings. The fourth-order valence-electron chi connectivity index (χ4n) is 3.79. The smallest absolute Gasteiger partial charge is 0.403 e. The van der Waals surface area contributed by atoms with E-state index in [1.54, 1.807) is 6.92 Å². The molecule has 0 spiro atoms. The normalized spacial score (nSPS) is 27.3. The van der Waals surface area contributed by atoms with E-state index in [1.165, 1.54) is 0 Å². The number of aliphatic hydroxyl groups is 1. The van der Waals surface area contributed by atoms with Crippen LogP contribution in [0.25, 0.3) is 11.2 Å². The number of nitrogens with two attached hydrogens (primary N) is 1.